The molecule has 0 N–H and O–H groups in total. The first-order valence-corrected chi connectivity index (χ1v) is 8.50. The van der Waals surface area contributed by atoms with Crippen LogP contribution in [-0.2, 0) is 9.53 Å². The van der Waals surface area contributed by atoms with Gasteiger partial charge in [0.1, 0.15) is 11.5 Å². The Hall–Kier alpha value is -2.29. The number of nitrogens with zero attached hydrogens (tertiary/aromatic N) is 1. The number of rotatable bonds is 8. The van der Waals surface area contributed by atoms with Crippen LogP contribution >= 0.6 is 0 Å². The monoisotopic (exact) mass is 327 g/mol. The van der Waals surface area contributed by atoms with E-state index in [1.165, 1.54) is 0 Å². The van der Waals surface area contributed by atoms with Crippen LogP contribution in [0.3, 0.4) is 0 Å². The van der Waals surface area contributed by atoms with Crippen molar-refractivity contribution < 1.29 is 9.53 Å². The van der Waals surface area contributed by atoms with Crippen molar-refractivity contribution in [2.45, 2.75) is 40.0 Å². The number of hydrogen-bond acceptors (Lipinski definition) is 2. The maximum atomic E-state index is 11.8. The third-order valence-electron chi connectivity index (χ3n) is 3.55. The number of carbonyl (C=O) groups excluding carboxylic acids is 1. The van der Waals surface area contributed by atoms with Crippen molar-refractivity contribution in [3.05, 3.63) is 71.8 Å². The standard InChI is InChI=1S/C21H29NO2/c1-5-17-22(4)21(23)16-12-7-6-10-14-19(3)24-20-15-11-8-9-13-18(20)2/h6-10,12-15H,5,11,16-17H2,1-4H3/b10-6-,12-7+,19-14+. The van der Waals surface area contributed by atoms with Crippen LogP contribution in [0.15, 0.2) is 71.8 Å². The highest BCUT2D eigenvalue weighted by Gasteiger charge is 2.04. The summed E-state index contributed by atoms with van der Waals surface area (Å²) in [6, 6.07) is 0. The first kappa shape index (κ1) is 19.8. The molecule has 0 heterocycles. The molecule has 0 saturated heterocycles. The minimum atomic E-state index is 0.146. The summed E-state index contributed by atoms with van der Waals surface area (Å²) in [6.45, 7) is 6.85. The molecule has 0 spiro atoms. The van der Waals surface area contributed by atoms with Crippen molar-refractivity contribution in [1.29, 1.82) is 0 Å². The quantitative estimate of drug-likeness (QED) is 0.460. The van der Waals surface area contributed by atoms with Crippen molar-refractivity contribution in [3.8, 4) is 0 Å². The predicted molar refractivity (Wildman–Crippen MR) is 101 cm³/mol. The van der Waals surface area contributed by atoms with Crippen LogP contribution in [0.4, 0.5) is 0 Å². The molecule has 0 saturated carbocycles. The molecule has 0 radical (unpaired) electrons. The topological polar surface area (TPSA) is 29.5 Å². The summed E-state index contributed by atoms with van der Waals surface area (Å²) >= 11 is 0. The smallest absolute Gasteiger partial charge is 0.226 e. The second kappa shape index (κ2) is 11.3. The molecule has 0 atom stereocenters. The fraction of sp³-hybridized carbons (Fsp3) is 0.381. The van der Waals surface area contributed by atoms with E-state index in [2.05, 4.69) is 25.2 Å². The lowest BCUT2D eigenvalue weighted by molar-refractivity contribution is -0.128. The van der Waals surface area contributed by atoms with Crippen LogP contribution in [0.25, 0.3) is 0 Å². The van der Waals surface area contributed by atoms with E-state index in [4.69, 9.17) is 4.74 Å². The molecule has 3 nitrogen and oxygen atoms in total. The molecule has 0 aliphatic heterocycles. The number of allylic oxidation sites excluding steroid dienone is 10. The van der Waals surface area contributed by atoms with Gasteiger partial charge in [0.25, 0.3) is 0 Å². The molecule has 1 rings (SSSR count). The molecular weight excluding hydrogens is 298 g/mol. The zero-order valence-corrected chi connectivity index (χ0v) is 15.3. The average molecular weight is 327 g/mol. The minimum absolute atomic E-state index is 0.146. The Morgan fingerprint density at radius 3 is 2.88 bits per heavy atom. The van der Waals surface area contributed by atoms with E-state index in [1.807, 2.05) is 57.4 Å². The maximum absolute atomic E-state index is 11.8. The van der Waals surface area contributed by atoms with Gasteiger partial charge in [-0.2, -0.15) is 0 Å². The van der Waals surface area contributed by atoms with E-state index in [0.29, 0.717) is 6.42 Å². The Balaban J connectivity index is 2.42. The van der Waals surface area contributed by atoms with Gasteiger partial charge in [0, 0.05) is 20.0 Å². The summed E-state index contributed by atoms with van der Waals surface area (Å²) in [5.74, 6) is 1.88. The Morgan fingerprint density at radius 2 is 2.12 bits per heavy atom. The highest BCUT2D eigenvalue weighted by molar-refractivity contribution is 5.77. The Kier molecular flexibility index (Phi) is 9.28. The number of carbonyl (C=O) groups is 1. The summed E-state index contributed by atoms with van der Waals surface area (Å²) in [6.07, 6.45) is 20.1. The zero-order chi connectivity index (χ0) is 17.8. The summed E-state index contributed by atoms with van der Waals surface area (Å²) < 4.78 is 5.86. The molecule has 0 bridgehead atoms. The third kappa shape index (κ3) is 7.82. The van der Waals surface area contributed by atoms with Gasteiger partial charge in [-0.15, -0.1) is 0 Å². The molecule has 1 aliphatic rings. The van der Waals surface area contributed by atoms with Gasteiger partial charge >= 0.3 is 0 Å². The fourth-order valence-electron chi connectivity index (χ4n) is 2.16. The third-order valence-corrected chi connectivity index (χ3v) is 3.55. The highest BCUT2D eigenvalue weighted by atomic mass is 16.5. The number of ether oxygens (including phenoxy) is 1. The lowest BCUT2D eigenvalue weighted by atomic mass is 10.2. The summed E-state index contributed by atoms with van der Waals surface area (Å²) in [5, 5.41) is 0. The van der Waals surface area contributed by atoms with Gasteiger partial charge in [-0.25, -0.2) is 0 Å². The number of hydrogen-bond donors (Lipinski definition) is 0. The van der Waals surface area contributed by atoms with E-state index in [1.54, 1.807) is 4.90 Å². The maximum Gasteiger partial charge on any atom is 0.226 e. The second-order valence-electron chi connectivity index (χ2n) is 5.79. The van der Waals surface area contributed by atoms with Crippen LogP contribution in [0.2, 0.25) is 0 Å². The summed E-state index contributed by atoms with van der Waals surface area (Å²) in [5.41, 5.74) is 1.12. The second-order valence-corrected chi connectivity index (χ2v) is 5.79. The summed E-state index contributed by atoms with van der Waals surface area (Å²) in [4.78, 5) is 13.5. The van der Waals surface area contributed by atoms with E-state index in [9.17, 15) is 4.79 Å². The predicted octanol–water partition coefficient (Wildman–Crippen LogP) is 5.07. The van der Waals surface area contributed by atoms with E-state index in [0.717, 1.165) is 36.5 Å². The Labute approximate surface area is 146 Å². The molecule has 1 amide bonds. The minimum Gasteiger partial charge on any atom is -0.462 e. The molecule has 24 heavy (non-hydrogen) atoms. The van der Waals surface area contributed by atoms with Gasteiger partial charge in [-0.1, -0.05) is 49.5 Å². The first-order chi connectivity index (χ1) is 11.5. The van der Waals surface area contributed by atoms with Crippen molar-refractivity contribution >= 4 is 5.91 Å². The fourth-order valence-corrected chi connectivity index (χ4v) is 2.16. The van der Waals surface area contributed by atoms with Gasteiger partial charge in [-0.3, -0.25) is 4.79 Å². The summed E-state index contributed by atoms with van der Waals surface area (Å²) in [7, 11) is 1.84. The van der Waals surface area contributed by atoms with Gasteiger partial charge in [0.15, 0.2) is 0 Å². The lowest BCUT2D eigenvalue weighted by Gasteiger charge is -2.14. The lowest BCUT2D eigenvalue weighted by Crippen LogP contribution is -2.26. The molecule has 1 aliphatic carbocycles. The van der Waals surface area contributed by atoms with Crippen LogP contribution < -0.4 is 0 Å². The zero-order valence-electron chi connectivity index (χ0n) is 15.3. The van der Waals surface area contributed by atoms with Gasteiger partial charge in [0.2, 0.25) is 5.91 Å². The molecule has 0 aromatic carbocycles. The molecule has 0 aromatic heterocycles. The van der Waals surface area contributed by atoms with Crippen molar-refractivity contribution in [3.63, 3.8) is 0 Å². The van der Waals surface area contributed by atoms with Gasteiger partial charge < -0.3 is 9.64 Å². The Bertz CT molecular complexity index is 589. The van der Waals surface area contributed by atoms with E-state index >= 15 is 0 Å². The van der Waals surface area contributed by atoms with Crippen LogP contribution in [0.5, 0.6) is 0 Å². The van der Waals surface area contributed by atoms with Crippen molar-refractivity contribution in [2.75, 3.05) is 13.6 Å². The number of amides is 1. The molecular formula is C21H29NO2. The highest BCUT2D eigenvalue weighted by Crippen LogP contribution is 2.18. The molecule has 3 heteroatoms. The molecule has 0 aromatic rings. The Morgan fingerprint density at radius 1 is 1.33 bits per heavy atom. The van der Waals surface area contributed by atoms with Crippen LogP contribution in [0, 0.1) is 0 Å². The van der Waals surface area contributed by atoms with Crippen LogP contribution in [0.1, 0.15) is 40.0 Å². The largest absolute Gasteiger partial charge is 0.462 e. The van der Waals surface area contributed by atoms with Gasteiger partial charge in [-0.05, 0) is 44.4 Å². The van der Waals surface area contributed by atoms with Crippen molar-refractivity contribution in [2.24, 2.45) is 0 Å². The van der Waals surface area contributed by atoms with Gasteiger partial charge in [0.05, 0.1) is 0 Å². The molecule has 0 unspecified atom stereocenters. The normalized spacial score (nSPS) is 15.4. The SMILES string of the molecule is CCCN(C)C(=O)C/C=C/C=C\C=C(/C)OC1=CCC=CC=C1C. The van der Waals surface area contributed by atoms with E-state index in [-0.39, 0.29) is 5.91 Å². The molecule has 0 fully saturated rings. The van der Waals surface area contributed by atoms with E-state index < -0.39 is 0 Å². The first-order valence-electron chi connectivity index (χ1n) is 8.50. The molecule has 130 valence electrons. The van der Waals surface area contributed by atoms with Crippen LogP contribution in [-0.4, -0.2) is 24.4 Å². The van der Waals surface area contributed by atoms with Crippen molar-refractivity contribution in [1.82, 2.24) is 4.90 Å². The average Bonchev–Trinajstić information content (AvgIpc) is 2.75.